The normalized spacial score (nSPS) is 16.2. The molecule has 1 N–H and O–H groups in total. The molecule has 1 aromatic rings. The number of nitrogens with one attached hydrogen (secondary N) is 1. The van der Waals surface area contributed by atoms with Crippen LogP contribution in [0.5, 0.6) is 0 Å². The van der Waals surface area contributed by atoms with Crippen molar-refractivity contribution in [2.45, 2.75) is 39.4 Å². The first kappa shape index (κ1) is 13.2. The van der Waals surface area contributed by atoms with E-state index in [-0.39, 0.29) is 0 Å². The highest BCUT2D eigenvalue weighted by molar-refractivity contribution is 6.54. The minimum absolute atomic E-state index is 0.736. The van der Waals surface area contributed by atoms with E-state index in [1.54, 1.807) is 0 Å². The molecule has 2 rings (SSSR count). The number of aryl methyl sites for hydroxylation is 1. The zero-order valence-corrected chi connectivity index (χ0v) is 10.7. The van der Waals surface area contributed by atoms with Gasteiger partial charge in [-0.1, -0.05) is 31.2 Å². The van der Waals surface area contributed by atoms with Gasteiger partial charge in [-0.2, -0.15) is 0 Å². The maximum absolute atomic E-state index is 4.20. The van der Waals surface area contributed by atoms with E-state index in [4.69, 9.17) is 0 Å². The van der Waals surface area contributed by atoms with Crippen molar-refractivity contribution in [1.29, 1.82) is 0 Å². The van der Waals surface area contributed by atoms with Crippen LogP contribution >= 0.6 is 0 Å². The van der Waals surface area contributed by atoms with E-state index in [0.717, 1.165) is 18.9 Å². The summed E-state index contributed by atoms with van der Waals surface area (Å²) in [5.74, 6) is 0.736. The van der Waals surface area contributed by atoms with E-state index in [9.17, 15) is 0 Å². The fourth-order valence-electron chi connectivity index (χ4n) is 1.95. The Morgan fingerprint density at radius 2 is 1.94 bits per heavy atom. The highest BCUT2D eigenvalue weighted by atomic mass is 14.9. The summed E-state index contributed by atoms with van der Waals surface area (Å²) in [7, 11) is 2.36. The number of pyridine rings is 1. The third-order valence-corrected chi connectivity index (χ3v) is 2.71. The molecule has 0 saturated carbocycles. The van der Waals surface area contributed by atoms with E-state index >= 15 is 0 Å². The summed E-state index contributed by atoms with van der Waals surface area (Å²) in [4.78, 5) is 4.20. The van der Waals surface area contributed by atoms with Crippen molar-refractivity contribution in [1.82, 2.24) is 10.3 Å². The second-order valence-corrected chi connectivity index (χ2v) is 4.05. The Balaban J connectivity index is 0.000000606. The van der Waals surface area contributed by atoms with E-state index in [2.05, 4.69) is 30.6 Å². The molecule has 1 aromatic heterocycles. The van der Waals surface area contributed by atoms with Gasteiger partial charge in [-0.3, -0.25) is 4.98 Å². The molecule has 0 unspecified atom stereocenters. The minimum Gasteiger partial charge on any atom is -0.317 e. The first-order valence-corrected chi connectivity index (χ1v) is 6.32. The van der Waals surface area contributed by atoms with Gasteiger partial charge in [0, 0.05) is 12.4 Å². The third kappa shape index (κ3) is 4.36. The van der Waals surface area contributed by atoms with Crippen molar-refractivity contribution < 1.29 is 0 Å². The van der Waals surface area contributed by atoms with Crippen LogP contribution in [0.15, 0.2) is 18.5 Å². The molecule has 0 atom stereocenters. The average Bonchev–Trinajstić information content (AvgIpc) is 2.33. The molecule has 2 nitrogen and oxygen atoms in total. The van der Waals surface area contributed by atoms with Gasteiger partial charge in [0.1, 0.15) is 0 Å². The standard InChI is InChI=1S/C11H16BN2.C2H6/c1-9-6-11(8-14-7-9)12-10-2-4-13-5-3-10;1-2/h6-8,10,13H,2-5H2,1H3;1-2H3. The summed E-state index contributed by atoms with van der Waals surface area (Å²) in [6.45, 7) is 8.40. The van der Waals surface area contributed by atoms with Crippen LogP contribution in [0, 0.1) is 6.92 Å². The first-order chi connectivity index (χ1) is 7.84. The first-order valence-electron chi connectivity index (χ1n) is 6.32. The summed E-state index contributed by atoms with van der Waals surface area (Å²) in [6, 6.07) is 2.20. The molecule has 0 aliphatic carbocycles. The van der Waals surface area contributed by atoms with Crippen molar-refractivity contribution in [2.75, 3.05) is 13.1 Å². The van der Waals surface area contributed by atoms with E-state index in [1.165, 1.54) is 23.9 Å². The fraction of sp³-hybridized carbons (Fsp3) is 0.615. The molecule has 2 heterocycles. The molecular formula is C13H22BN2. The van der Waals surface area contributed by atoms with Gasteiger partial charge in [-0.25, -0.2) is 0 Å². The van der Waals surface area contributed by atoms with Crippen molar-refractivity contribution >= 4 is 12.7 Å². The Morgan fingerprint density at radius 1 is 1.25 bits per heavy atom. The van der Waals surface area contributed by atoms with Crippen LogP contribution in [0.3, 0.4) is 0 Å². The number of aromatic nitrogens is 1. The fourth-order valence-corrected chi connectivity index (χ4v) is 1.95. The maximum Gasteiger partial charge on any atom is 0.157 e. The topological polar surface area (TPSA) is 24.9 Å². The number of piperidine rings is 1. The lowest BCUT2D eigenvalue weighted by atomic mass is 9.56. The van der Waals surface area contributed by atoms with Crippen LogP contribution in [-0.4, -0.2) is 25.4 Å². The molecule has 16 heavy (non-hydrogen) atoms. The van der Waals surface area contributed by atoms with Gasteiger partial charge in [-0.05, 0) is 38.4 Å². The quantitative estimate of drug-likeness (QED) is 0.765. The largest absolute Gasteiger partial charge is 0.317 e. The van der Waals surface area contributed by atoms with Gasteiger partial charge in [0.05, 0.1) is 0 Å². The number of rotatable bonds is 2. The zero-order valence-electron chi connectivity index (χ0n) is 10.7. The number of nitrogens with zero attached hydrogens (tertiary/aromatic N) is 1. The molecule has 0 bridgehead atoms. The van der Waals surface area contributed by atoms with Crippen LogP contribution in [0.2, 0.25) is 5.82 Å². The summed E-state index contributed by atoms with van der Waals surface area (Å²) < 4.78 is 0. The van der Waals surface area contributed by atoms with Crippen molar-refractivity contribution in [3.05, 3.63) is 24.0 Å². The van der Waals surface area contributed by atoms with Crippen molar-refractivity contribution in [2.24, 2.45) is 0 Å². The van der Waals surface area contributed by atoms with Crippen LogP contribution in [0.1, 0.15) is 32.3 Å². The summed E-state index contributed by atoms with van der Waals surface area (Å²) in [6.07, 6.45) is 6.37. The summed E-state index contributed by atoms with van der Waals surface area (Å²) in [5, 5.41) is 3.38. The van der Waals surface area contributed by atoms with Gasteiger partial charge in [0.2, 0.25) is 0 Å². The van der Waals surface area contributed by atoms with Crippen LogP contribution < -0.4 is 10.8 Å². The Bertz CT molecular complexity index is 296. The molecular weight excluding hydrogens is 195 g/mol. The zero-order chi connectivity index (χ0) is 11.8. The van der Waals surface area contributed by atoms with Gasteiger partial charge in [-0.15, -0.1) is 0 Å². The van der Waals surface area contributed by atoms with Gasteiger partial charge >= 0.3 is 0 Å². The van der Waals surface area contributed by atoms with Crippen LogP contribution in [0.4, 0.5) is 0 Å². The average molecular weight is 217 g/mol. The van der Waals surface area contributed by atoms with Crippen LogP contribution in [-0.2, 0) is 0 Å². The Labute approximate surface area is 100 Å². The SMILES string of the molecule is CC.Cc1cncc([B]C2CCNCC2)c1. The smallest absolute Gasteiger partial charge is 0.157 e. The van der Waals surface area contributed by atoms with Gasteiger partial charge < -0.3 is 5.32 Å². The molecule has 87 valence electrons. The molecule has 0 amide bonds. The molecule has 0 aromatic carbocycles. The monoisotopic (exact) mass is 217 g/mol. The number of hydrogen-bond donors (Lipinski definition) is 1. The molecule has 1 saturated heterocycles. The molecule has 1 radical (unpaired) electrons. The second-order valence-electron chi connectivity index (χ2n) is 4.05. The third-order valence-electron chi connectivity index (χ3n) is 2.71. The Hall–Kier alpha value is -0.825. The maximum atomic E-state index is 4.20. The lowest BCUT2D eigenvalue weighted by Gasteiger charge is -2.21. The van der Waals surface area contributed by atoms with Gasteiger partial charge in [0.25, 0.3) is 0 Å². The van der Waals surface area contributed by atoms with Crippen molar-refractivity contribution in [3.8, 4) is 0 Å². The van der Waals surface area contributed by atoms with Gasteiger partial charge in [0.15, 0.2) is 7.28 Å². The number of hydrogen-bond acceptors (Lipinski definition) is 2. The van der Waals surface area contributed by atoms with E-state index in [1.807, 2.05) is 26.2 Å². The summed E-state index contributed by atoms with van der Waals surface area (Å²) in [5.41, 5.74) is 2.52. The highest BCUT2D eigenvalue weighted by Crippen LogP contribution is 2.16. The molecule has 1 aliphatic heterocycles. The minimum atomic E-state index is 0.736. The molecule has 1 fully saturated rings. The van der Waals surface area contributed by atoms with E-state index < -0.39 is 0 Å². The molecule has 0 spiro atoms. The lowest BCUT2D eigenvalue weighted by molar-refractivity contribution is 0.518. The van der Waals surface area contributed by atoms with Crippen molar-refractivity contribution in [3.63, 3.8) is 0 Å². The predicted octanol–water partition coefficient (Wildman–Crippen LogP) is 1.92. The predicted molar refractivity (Wildman–Crippen MR) is 71.6 cm³/mol. The Morgan fingerprint density at radius 3 is 2.56 bits per heavy atom. The molecule has 1 aliphatic rings. The van der Waals surface area contributed by atoms with Crippen LogP contribution in [0.25, 0.3) is 0 Å². The highest BCUT2D eigenvalue weighted by Gasteiger charge is 2.14. The second kappa shape index (κ2) is 7.45. The summed E-state index contributed by atoms with van der Waals surface area (Å²) >= 11 is 0. The Kier molecular flexibility index (Phi) is 6.16. The van der Waals surface area contributed by atoms with E-state index in [0.29, 0.717) is 0 Å². The molecule has 3 heteroatoms. The lowest BCUT2D eigenvalue weighted by Crippen LogP contribution is -2.31.